The highest BCUT2D eigenvalue weighted by Crippen LogP contribution is 2.39. The number of benzene rings is 4. The molecule has 4 aromatic carbocycles. The molecule has 2 unspecified atom stereocenters. The molecule has 1 aliphatic rings. The Morgan fingerprint density at radius 3 is 1.85 bits per heavy atom. The van der Waals surface area contributed by atoms with Gasteiger partial charge in [-0.05, 0) is 65.8 Å². The summed E-state index contributed by atoms with van der Waals surface area (Å²) in [4.78, 5) is 0. The van der Waals surface area contributed by atoms with Crippen LogP contribution in [0.15, 0.2) is 103 Å². The Morgan fingerprint density at radius 2 is 1.26 bits per heavy atom. The van der Waals surface area contributed by atoms with Gasteiger partial charge in [-0.1, -0.05) is 150 Å². The van der Waals surface area contributed by atoms with Gasteiger partial charge in [0.15, 0.2) is 6.29 Å². The molecule has 5 rings (SSSR count). The van der Waals surface area contributed by atoms with Crippen LogP contribution in [0.4, 0.5) is 0 Å². The Bertz CT molecular complexity index is 1350. The van der Waals surface area contributed by atoms with Gasteiger partial charge < -0.3 is 14.2 Å². The number of para-hydroxylation sites is 1. The number of hydrogen-bond acceptors (Lipinski definition) is 3. The third-order valence-electron chi connectivity index (χ3n) is 9.86. The summed E-state index contributed by atoms with van der Waals surface area (Å²) in [6.07, 6.45) is 12.4. The number of unbranched alkanes of at least 4 members (excludes halogenated alkanes) is 2. The molecule has 0 radical (unpaired) electrons. The van der Waals surface area contributed by atoms with Gasteiger partial charge in [0.2, 0.25) is 0 Å². The maximum atomic E-state index is 6.60. The van der Waals surface area contributed by atoms with E-state index in [1.165, 1.54) is 56.9 Å². The van der Waals surface area contributed by atoms with Gasteiger partial charge in [-0.25, -0.2) is 0 Å². The monoisotopic (exact) mass is 618 g/mol. The molecular formula is C43H54O3. The second-order valence-corrected chi connectivity index (χ2v) is 13.2. The van der Waals surface area contributed by atoms with Crippen molar-refractivity contribution in [3.05, 3.63) is 109 Å². The van der Waals surface area contributed by atoms with Gasteiger partial charge in [-0.2, -0.15) is 0 Å². The van der Waals surface area contributed by atoms with E-state index in [0.717, 1.165) is 52.5 Å². The minimum atomic E-state index is -0.294. The molecule has 0 bridgehead atoms. The Hall–Kier alpha value is -3.56. The first-order valence-corrected chi connectivity index (χ1v) is 17.9. The Labute approximate surface area is 278 Å². The molecule has 1 aliphatic carbocycles. The zero-order valence-electron chi connectivity index (χ0n) is 28.3. The Morgan fingerprint density at radius 1 is 0.652 bits per heavy atom. The molecule has 0 heterocycles. The lowest BCUT2D eigenvalue weighted by Crippen LogP contribution is -2.28. The van der Waals surface area contributed by atoms with Gasteiger partial charge in [-0.3, -0.25) is 0 Å². The van der Waals surface area contributed by atoms with Crippen LogP contribution in [0.2, 0.25) is 0 Å². The first kappa shape index (κ1) is 33.8. The van der Waals surface area contributed by atoms with Gasteiger partial charge in [-0.15, -0.1) is 0 Å². The molecule has 0 aliphatic heterocycles. The van der Waals surface area contributed by atoms with Crippen molar-refractivity contribution >= 4 is 0 Å². The Balaban J connectivity index is 1.26. The van der Waals surface area contributed by atoms with Gasteiger partial charge in [0, 0.05) is 17.5 Å². The van der Waals surface area contributed by atoms with E-state index in [2.05, 4.69) is 124 Å². The first-order valence-electron chi connectivity index (χ1n) is 17.9. The lowest BCUT2D eigenvalue weighted by molar-refractivity contribution is -0.101. The summed E-state index contributed by atoms with van der Waals surface area (Å²) < 4.78 is 19.7. The van der Waals surface area contributed by atoms with Gasteiger partial charge in [0.1, 0.15) is 18.1 Å². The van der Waals surface area contributed by atoms with Crippen molar-refractivity contribution in [2.24, 2.45) is 11.8 Å². The van der Waals surface area contributed by atoms with E-state index in [-0.39, 0.29) is 6.29 Å². The van der Waals surface area contributed by atoms with Crippen LogP contribution in [0.1, 0.15) is 96.5 Å². The average molecular weight is 619 g/mol. The van der Waals surface area contributed by atoms with Crippen LogP contribution < -0.4 is 9.47 Å². The van der Waals surface area contributed by atoms with Crippen LogP contribution >= 0.6 is 0 Å². The molecule has 0 amide bonds. The quantitative estimate of drug-likeness (QED) is 0.0870. The second-order valence-electron chi connectivity index (χ2n) is 13.2. The van der Waals surface area contributed by atoms with Crippen LogP contribution in [0.5, 0.6) is 11.5 Å². The van der Waals surface area contributed by atoms with Crippen LogP contribution in [-0.4, -0.2) is 19.5 Å². The summed E-state index contributed by atoms with van der Waals surface area (Å²) in [7, 11) is 0. The van der Waals surface area contributed by atoms with Crippen LogP contribution in [0.25, 0.3) is 22.3 Å². The highest BCUT2D eigenvalue weighted by Gasteiger charge is 2.25. The molecule has 0 spiro atoms. The van der Waals surface area contributed by atoms with Crippen LogP contribution in [-0.2, 0) is 4.74 Å². The maximum Gasteiger partial charge on any atom is 0.200 e. The van der Waals surface area contributed by atoms with Crippen LogP contribution in [0.3, 0.4) is 0 Å². The predicted octanol–water partition coefficient (Wildman–Crippen LogP) is 12.1. The summed E-state index contributed by atoms with van der Waals surface area (Å²) >= 11 is 0. The fraction of sp³-hybridized carbons (Fsp3) is 0.442. The fourth-order valence-corrected chi connectivity index (χ4v) is 6.83. The van der Waals surface area contributed by atoms with E-state index in [4.69, 9.17) is 14.2 Å². The van der Waals surface area contributed by atoms with Crippen molar-refractivity contribution in [3.8, 4) is 33.8 Å². The van der Waals surface area contributed by atoms with Crippen molar-refractivity contribution < 1.29 is 14.2 Å². The van der Waals surface area contributed by atoms with Crippen molar-refractivity contribution in [1.29, 1.82) is 0 Å². The van der Waals surface area contributed by atoms with Crippen molar-refractivity contribution in [2.75, 3.05) is 13.2 Å². The van der Waals surface area contributed by atoms with Crippen molar-refractivity contribution in [3.63, 3.8) is 0 Å². The van der Waals surface area contributed by atoms with E-state index < -0.39 is 0 Å². The van der Waals surface area contributed by atoms with E-state index >= 15 is 0 Å². The number of hydrogen-bond donors (Lipinski definition) is 0. The topological polar surface area (TPSA) is 27.7 Å². The predicted molar refractivity (Wildman–Crippen MR) is 193 cm³/mol. The zero-order valence-corrected chi connectivity index (χ0v) is 28.3. The molecule has 2 atom stereocenters. The molecule has 1 saturated carbocycles. The summed E-state index contributed by atoms with van der Waals surface area (Å²) in [5, 5.41) is 0. The van der Waals surface area contributed by atoms with Crippen LogP contribution in [0, 0.1) is 11.8 Å². The van der Waals surface area contributed by atoms with E-state index in [1.807, 2.05) is 0 Å². The Kier molecular flexibility index (Phi) is 13.2. The molecule has 0 N–H and O–H groups in total. The van der Waals surface area contributed by atoms with Gasteiger partial charge in [0.25, 0.3) is 0 Å². The summed E-state index contributed by atoms with van der Waals surface area (Å²) in [6.45, 7) is 7.71. The minimum absolute atomic E-state index is 0.294. The second kappa shape index (κ2) is 18.0. The largest absolute Gasteiger partial charge is 0.490 e. The third kappa shape index (κ3) is 9.72. The SMILES string of the molecule is CCCCCC1CCC(CC(OCCOc2c(-c3ccccc3)cccc2-c2ccccc2)Oc2ccc(C(C)CC)cc2)CC1. The van der Waals surface area contributed by atoms with E-state index in [1.54, 1.807) is 0 Å². The third-order valence-corrected chi connectivity index (χ3v) is 9.86. The highest BCUT2D eigenvalue weighted by molar-refractivity contribution is 5.82. The molecule has 3 nitrogen and oxygen atoms in total. The minimum Gasteiger partial charge on any atom is -0.490 e. The standard InChI is InChI=1S/C43H54O3/c1-4-6-9-15-34-22-24-35(25-23-34)32-42(46-39-28-26-36(27-29-39)33(3)5-2)44-30-31-45-43-40(37-16-10-7-11-17-37)20-14-21-41(43)38-18-12-8-13-19-38/h7-8,10-14,16-21,26-29,33-35,42H,4-6,9,15,22-25,30-32H2,1-3H3. The average Bonchev–Trinajstić information content (AvgIpc) is 3.11. The molecule has 244 valence electrons. The lowest BCUT2D eigenvalue weighted by Gasteiger charge is -2.31. The molecule has 0 saturated heterocycles. The highest BCUT2D eigenvalue weighted by atomic mass is 16.7. The summed E-state index contributed by atoms with van der Waals surface area (Å²) in [6, 6.07) is 36.0. The normalized spacial score (nSPS) is 17.7. The molecule has 4 aromatic rings. The zero-order chi connectivity index (χ0) is 32.0. The van der Waals surface area contributed by atoms with Gasteiger partial charge >= 0.3 is 0 Å². The van der Waals surface area contributed by atoms with Gasteiger partial charge in [0.05, 0.1) is 6.61 Å². The maximum absolute atomic E-state index is 6.60. The molecule has 0 aromatic heterocycles. The lowest BCUT2D eigenvalue weighted by atomic mass is 9.78. The summed E-state index contributed by atoms with van der Waals surface area (Å²) in [5.74, 6) is 3.85. The molecule has 46 heavy (non-hydrogen) atoms. The molecule has 1 fully saturated rings. The number of rotatable bonds is 17. The smallest absolute Gasteiger partial charge is 0.200 e. The number of ether oxygens (including phenoxy) is 3. The van der Waals surface area contributed by atoms with E-state index in [0.29, 0.717) is 25.0 Å². The van der Waals surface area contributed by atoms with E-state index in [9.17, 15) is 0 Å². The van der Waals surface area contributed by atoms with Crippen molar-refractivity contribution in [1.82, 2.24) is 0 Å². The summed E-state index contributed by atoms with van der Waals surface area (Å²) in [5.41, 5.74) is 5.82. The fourth-order valence-electron chi connectivity index (χ4n) is 6.83. The van der Waals surface area contributed by atoms with Crippen molar-refractivity contribution in [2.45, 2.75) is 97.2 Å². The first-order chi connectivity index (χ1) is 22.6. The molecule has 3 heteroatoms. The molecular weight excluding hydrogens is 564 g/mol.